The second-order valence-electron chi connectivity index (χ2n) is 7.39. The lowest BCUT2D eigenvalue weighted by atomic mass is 9.75. The highest BCUT2D eigenvalue weighted by Gasteiger charge is 2.34. The van der Waals surface area contributed by atoms with Crippen LogP contribution in [0, 0.1) is 18.8 Å². The first-order valence-electron chi connectivity index (χ1n) is 9.36. The third kappa shape index (κ3) is 4.42. The number of hydrogen-bond donors (Lipinski definition) is 0. The Labute approximate surface area is 170 Å². The van der Waals surface area contributed by atoms with Gasteiger partial charge in [-0.25, -0.2) is 4.79 Å². The number of ether oxygens (including phenoxy) is 2. The van der Waals surface area contributed by atoms with Gasteiger partial charge in [-0.3, -0.25) is 13.9 Å². The van der Waals surface area contributed by atoms with Crippen LogP contribution in [0.3, 0.4) is 0 Å². The molecule has 0 saturated heterocycles. The number of alkyl halides is 3. The van der Waals surface area contributed by atoms with Gasteiger partial charge in [0.2, 0.25) is 0 Å². The summed E-state index contributed by atoms with van der Waals surface area (Å²) in [6, 6.07) is 5.13. The summed E-state index contributed by atoms with van der Waals surface area (Å²) in [5.74, 6) is 0.237. The SMILES string of the molecule is Cc1c(/N=C(/Oc2cccc(OC(F)(F)F)c2)C2CCC2C)n(C)c(=O)n(C)c1=O. The maximum absolute atomic E-state index is 12.5. The fraction of sp³-hybridized carbons (Fsp3) is 0.450. The molecule has 0 spiro atoms. The molecular formula is C20H22F3N3O4. The van der Waals surface area contributed by atoms with E-state index in [0.717, 1.165) is 29.5 Å². The number of nitrogens with zero attached hydrogens (tertiary/aromatic N) is 3. The molecule has 1 heterocycles. The van der Waals surface area contributed by atoms with Gasteiger partial charge in [-0.05, 0) is 37.8 Å². The van der Waals surface area contributed by atoms with Gasteiger partial charge in [0.25, 0.3) is 5.56 Å². The van der Waals surface area contributed by atoms with Crippen molar-refractivity contribution in [3.63, 3.8) is 0 Å². The Bertz CT molecular complexity index is 1060. The van der Waals surface area contributed by atoms with Crippen molar-refractivity contribution in [2.75, 3.05) is 0 Å². The molecule has 0 radical (unpaired) electrons. The summed E-state index contributed by atoms with van der Waals surface area (Å²) in [6.45, 7) is 3.56. The first-order valence-corrected chi connectivity index (χ1v) is 9.36. The molecule has 1 aromatic carbocycles. The average molecular weight is 425 g/mol. The average Bonchev–Trinajstić information content (AvgIpc) is 2.65. The Morgan fingerprint density at radius 2 is 1.80 bits per heavy atom. The predicted octanol–water partition coefficient (Wildman–Crippen LogP) is 3.45. The Hall–Kier alpha value is -3.04. The van der Waals surface area contributed by atoms with Crippen molar-refractivity contribution in [1.82, 2.24) is 9.13 Å². The minimum absolute atomic E-state index is 0.0873. The van der Waals surface area contributed by atoms with Gasteiger partial charge < -0.3 is 9.47 Å². The van der Waals surface area contributed by atoms with E-state index in [9.17, 15) is 22.8 Å². The molecule has 10 heteroatoms. The Balaban J connectivity index is 2.04. The van der Waals surface area contributed by atoms with Crippen LogP contribution in [0.15, 0.2) is 38.8 Å². The number of benzene rings is 1. The summed E-state index contributed by atoms with van der Waals surface area (Å²) in [5.41, 5.74) is -0.744. The van der Waals surface area contributed by atoms with E-state index in [1.54, 1.807) is 6.92 Å². The fourth-order valence-electron chi connectivity index (χ4n) is 3.33. The maximum atomic E-state index is 12.5. The number of rotatable bonds is 4. The monoisotopic (exact) mass is 425 g/mol. The van der Waals surface area contributed by atoms with Crippen LogP contribution >= 0.6 is 0 Å². The quantitative estimate of drug-likeness (QED) is 0.556. The lowest BCUT2D eigenvalue weighted by Crippen LogP contribution is -2.39. The summed E-state index contributed by atoms with van der Waals surface area (Å²) in [5, 5.41) is 0. The molecule has 162 valence electrons. The van der Waals surface area contributed by atoms with Crippen LogP contribution in [0.1, 0.15) is 25.3 Å². The number of hydrogen-bond acceptors (Lipinski definition) is 5. The van der Waals surface area contributed by atoms with Crippen LogP contribution < -0.4 is 20.7 Å². The first kappa shape index (κ1) is 21.7. The Kier molecular flexibility index (Phi) is 5.78. The highest BCUT2D eigenvalue weighted by Crippen LogP contribution is 2.37. The van der Waals surface area contributed by atoms with Crippen molar-refractivity contribution in [2.45, 2.75) is 33.1 Å². The molecule has 0 bridgehead atoms. The molecule has 0 amide bonds. The molecule has 7 nitrogen and oxygen atoms in total. The summed E-state index contributed by atoms with van der Waals surface area (Å²) < 4.78 is 49.5. The zero-order valence-corrected chi connectivity index (χ0v) is 17.0. The van der Waals surface area contributed by atoms with Crippen molar-refractivity contribution in [2.24, 2.45) is 30.9 Å². The van der Waals surface area contributed by atoms with Crippen molar-refractivity contribution in [3.05, 3.63) is 50.7 Å². The lowest BCUT2D eigenvalue weighted by molar-refractivity contribution is -0.274. The van der Waals surface area contributed by atoms with E-state index >= 15 is 0 Å². The van der Waals surface area contributed by atoms with Crippen molar-refractivity contribution < 1.29 is 22.6 Å². The van der Waals surface area contributed by atoms with Crippen LogP contribution in [-0.4, -0.2) is 21.4 Å². The normalized spacial score (nSPS) is 19.4. The second-order valence-corrected chi connectivity index (χ2v) is 7.39. The Morgan fingerprint density at radius 1 is 1.13 bits per heavy atom. The molecular weight excluding hydrogens is 403 g/mol. The summed E-state index contributed by atoms with van der Waals surface area (Å²) in [4.78, 5) is 29.1. The minimum Gasteiger partial charge on any atom is -0.442 e. The van der Waals surface area contributed by atoms with E-state index in [1.807, 2.05) is 6.92 Å². The van der Waals surface area contributed by atoms with Gasteiger partial charge >= 0.3 is 12.1 Å². The molecule has 3 rings (SSSR count). The molecule has 1 aliphatic rings. The maximum Gasteiger partial charge on any atom is 0.573 e. The molecule has 2 unspecified atom stereocenters. The third-order valence-electron chi connectivity index (χ3n) is 5.27. The predicted molar refractivity (Wildman–Crippen MR) is 104 cm³/mol. The van der Waals surface area contributed by atoms with Gasteiger partial charge in [0, 0.05) is 26.1 Å². The van der Waals surface area contributed by atoms with E-state index in [-0.39, 0.29) is 34.9 Å². The molecule has 2 aromatic rings. The molecule has 1 saturated carbocycles. The molecule has 1 fully saturated rings. The smallest absolute Gasteiger partial charge is 0.442 e. The topological polar surface area (TPSA) is 74.8 Å². The highest BCUT2D eigenvalue weighted by atomic mass is 19.4. The molecule has 0 N–H and O–H groups in total. The van der Waals surface area contributed by atoms with Crippen LogP contribution in [-0.2, 0) is 14.1 Å². The van der Waals surface area contributed by atoms with E-state index in [1.165, 1.54) is 30.8 Å². The third-order valence-corrected chi connectivity index (χ3v) is 5.27. The Morgan fingerprint density at radius 3 is 2.37 bits per heavy atom. The summed E-state index contributed by atoms with van der Waals surface area (Å²) in [6.07, 6.45) is -3.10. The summed E-state index contributed by atoms with van der Waals surface area (Å²) >= 11 is 0. The van der Waals surface area contributed by atoms with Crippen molar-refractivity contribution >= 4 is 11.7 Å². The molecule has 0 aliphatic heterocycles. The van der Waals surface area contributed by atoms with E-state index in [0.29, 0.717) is 0 Å². The fourth-order valence-corrected chi connectivity index (χ4v) is 3.33. The number of aromatic nitrogens is 2. The lowest BCUT2D eigenvalue weighted by Gasteiger charge is -2.34. The minimum atomic E-state index is -4.82. The van der Waals surface area contributed by atoms with Gasteiger partial charge in [-0.2, -0.15) is 4.99 Å². The van der Waals surface area contributed by atoms with Gasteiger partial charge in [0.05, 0.1) is 5.56 Å². The molecule has 1 aromatic heterocycles. The van der Waals surface area contributed by atoms with Gasteiger partial charge in [-0.1, -0.05) is 13.0 Å². The number of aliphatic imine (C=N–C) groups is 1. The first-order chi connectivity index (χ1) is 14.0. The highest BCUT2D eigenvalue weighted by molar-refractivity contribution is 5.84. The van der Waals surface area contributed by atoms with E-state index < -0.39 is 23.4 Å². The number of halogens is 3. The van der Waals surface area contributed by atoms with E-state index in [4.69, 9.17) is 4.74 Å². The van der Waals surface area contributed by atoms with Gasteiger partial charge in [-0.15, -0.1) is 13.2 Å². The zero-order chi connectivity index (χ0) is 22.2. The second kappa shape index (κ2) is 8.00. The van der Waals surface area contributed by atoms with Gasteiger partial charge in [0.1, 0.15) is 17.3 Å². The largest absolute Gasteiger partial charge is 0.573 e. The molecule has 30 heavy (non-hydrogen) atoms. The molecule has 2 atom stereocenters. The van der Waals surface area contributed by atoms with Crippen LogP contribution in [0.2, 0.25) is 0 Å². The van der Waals surface area contributed by atoms with Crippen LogP contribution in [0.25, 0.3) is 0 Å². The van der Waals surface area contributed by atoms with Gasteiger partial charge in [0.15, 0.2) is 5.90 Å². The van der Waals surface area contributed by atoms with Crippen molar-refractivity contribution in [3.8, 4) is 11.5 Å². The van der Waals surface area contributed by atoms with Crippen LogP contribution in [0.5, 0.6) is 11.5 Å². The molecule has 1 aliphatic carbocycles. The van der Waals surface area contributed by atoms with E-state index in [2.05, 4.69) is 9.73 Å². The zero-order valence-electron chi connectivity index (χ0n) is 17.0. The summed E-state index contributed by atoms with van der Waals surface area (Å²) in [7, 11) is 2.87. The van der Waals surface area contributed by atoms with Crippen LogP contribution in [0.4, 0.5) is 19.0 Å². The standard InChI is InChI=1S/C20H22F3N3O4/c1-11-8-9-15(11)17(24-16-12(2)18(27)26(4)19(28)25(16)3)29-13-6-5-7-14(10-13)30-20(21,22)23/h5-7,10-11,15H,8-9H2,1-4H3/b24-17+. The van der Waals surface area contributed by atoms with Crippen molar-refractivity contribution in [1.29, 1.82) is 0 Å².